The van der Waals surface area contributed by atoms with Gasteiger partial charge < -0.3 is 4.52 Å². The lowest BCUT2D eigenvalue weighted by Gasteiger charge is -2.12. The Kier molecular flexibility index (Phi) is 2.18. The van der Waals surface area contributed by atoms with Crippen LogP contribution in [0.3, 0.4) is 0 Å². The molecule has 13 heavy (non-hydrogen) atoms. The number of halogens is 2. The summed E-state index contributed by atoms with van der Waals surface area (Å²) in [5.41, 5.74) is -0.589. The molecule has 0 aliphatic heterocycles. The van der Waals surface area contributed by atoms with Crippen LogP contribution in [0.1, 0.15) is 39.1 Å². The van der Waals surface area contributed by atoms with Crippen LogP contribution in [0.2, 0.25) is 0 Å². The maximum Gasteiger partial charge on any atom is 0.290 e. The molecule has 0 aromatic carbocycles. The lowest BCUT2D eigenvalue weighted by molar-refractivity contribution is 0.00961. The van der Waals surface area contributed by atoms with E-state index >= 15 is 0 Å². The third kappa shape index (κ3) is 2.26. The minimum absolute atomic E-state index is 0.281. The fraction of sp³-hybridized carbons (Fsp3) is 0.667. The summed E-state index contributed by atoms with van der Waals surface area (Å²) >= 11 is 0. The lowest BCUT2D eigenvalue weighted by Crippen LogP contribution is -2.10. The van der Waals surface area contributed by atoms with E-state index in [1.165, 1.54) is 6.07 Å². The molecule has 1 aromatic rings. The molecule has 0 aliphatic carbocycles. The first kappa shape index (κ1) is 10.2. The first-order valence-electron chi connectivity index (χ1n) is 4.07. The molecule has 0 unspecified atom stereocenters. The van der Waals surface area contributed by atoms with Crippen molar-refractivity contribution in [1.29, 1.82) is 0 Å². The largest absolute Gasteiger partial charge is 0.360 e. The Morgan fingerprint density at radius 3 is 2.00 bits per heavy atom. The zero-order valence-corrected chi connectivity index (χ0v) is 8.19. The maximum atomic E-state index is 12.7. The van der Waals surface area contributed by atoms with E-state index in [-0.39, 0.29) is 11.1 Å². The van der Waals surface area contributed by atoms with E-state index in [0.29, 0.717) is 5.76 Å². The van der Waals surface area contributed by atoms with Crippen molar-refractivity contribution in [2.45, 2.75) is 39.0 Å². The molecule has 0 amide bonds. The smallest absolute Gasteiger partial charge is 0.290 e. The fourth-order valence-corrected chi connectivity index (χ4v) is 0.836. The zero-order valence-electron chi connectivity index (χ0n) is 8.19. The molecule has 0 bridgehead atoms. The van der Waals surface area contributed by atoms with Crippen molar-refractivity contribution in [1.82, 2.24) is 5.16 Å². The van der Waals surface area contributed by atoms with Gasteiger partial charge >= 0.3 is 0 Å². The van der Waals surface area contributed by atoms with Crippen LogP contribution in [-0.2, 0) is 11.3 Å². The van der Waals surface area contributed by atoms with Gasteiger partial charge in [-0.25, -0.2) is 0 Å². The highest BCUT2D eigenvalue weighted by molar-refractivity contribution is 5.15. The summed E-state index contributed by atoms with van der Waals surface area (Å²) in [6.45, 7) is 6.44. The zero-order chi connectivity index (χ0) is 10.3. The van der Waals surface area contributed by atoms with Crippen LogP contribution < -0.4 is 0 Å². The number of rotatable bonds is 1. The molecule has 0 spiro atoms. The first-order chi connectivity index (χ1) is 5.71. The summed E-state index contributed by atoms with van der Waals surface area (Å²) < 4.78 is 30.3. The third-order valence-electron chi connectivity index (χ3n) is 1.70. The molecule has 74 valence electrons. The normalized spacial score (nSPS) is 13.4. The third-order valence-corrected chi connectivity index (χ3v) is 1.70. The SMILES string of the molecule is CC(C)(C)c1cc(C(C)(F)F)no1. The van der Waals surface area contributed by atoms with E-state index in [2.05, 4.69) is 5.16 Å². The summed E-state index contributed by atoms with van der Waals surface area (Å²) in [5, 5.41) is 3.33. The Bertz CT molecular complexity index is 265. The summed E-state index contributed by atoms with van der Waals surface area (Å²) in [6.07, 6.45) is 0. The summed E-state index contributed by atoms with van der Waals surface area (Å²) in [6, 6.07) is 1.31. The van der Waals surface area contributed by atoms with Gasteiger partial charge in [0.05, 0.1) is 0 Å². The number of hydrogen-bond acceptors (Lipinski definition) is 2. The molecule has 1 rings (SSSR count). The van der Waals surface area contributed by atoms with Gasteiger partial charge in [-0.1, -0.05) is 25.9 Å². The highest BCUT2D eigenvalue weighted by Crippen LogP contribution is 2.30. The van der Waals surface area contributed by atoms with Gasteiger partial charge in [0, 0.05) is 18.4 Å². The second kappa shape index (κ2) is 2.79. The molecule has 4 heteroatoms. The Labute approximate surface area is 75.9 Å². The molecular weight excluding hydrogens is 176 g/mol. The van der Waals surface area contributed by atoms with E-state index in [1.54, 1.807) is 0 Å². The van der Waals surface area contributed by atoms with Crippen LogP contribution in [0.4, 0.5) is 8.78 Å². The molecular formula is C9H13F2NO. The highest BCUT2D eigenvalue weighted by atomic mass is 19.3. The molecule has 0 radical (unpaired) electrons. The molecule has 0 N–H and O–H groups in total. The van der Waals surface area contributed by atoms with E-state index < -0.39 is 5.92 Å². The van der Waals surface area contributed by atoms with Crippen molar-refractivity contribution in [3.63, 3.8) is 0 Å². The lowest BCUT2D eigenvalue weighted by atomic mass is 9.93. The van der Waals surface area contributed by atoms with Crippen molar-refractivity contribution < 1.29 is 13.3 Å². The first-order valence-corrected chi connectivity index (χ1v) is 4.07. The summed E-state index contributed by atoms with van der Waals surface area (Å²) in [4.78, 5) is 0. The van der Waals surface area contributed by atoms with Crippen LogP contribution in [0.25, 0.3) is 0 Å². The Morgan fingerprint density at radius 1 is 1.23 bits per heavy atom. The van der Waals surface area contributed by atoms with Crippen LogP contribution in [0.5, 0.6) is 0 Å². The van der Waals surface area contributed by atoms with E-state index in [4.69, 9.17) is 4.52 Å². The molecule has 0 fully saturated rings. The van der Waals surface area contributed by atoms with Crippen molar-refractivity contribution in [2.24, 2.45) is 0 Å². The predicted octanol–water partition coefficient (Wildman–Crippen LogP) is 3.08. The van der Waals surface area contributed by atoms with Crippen LogP contribution >= 0.6 is 0 Å². The quantitative estimate of drug-likeness (QED) is 0.678. The van der Waals surface area contributed by atoms with Gasteiger partial charge in [-0.3, -0.25) is 0 Å². The topological polar surface area (TPSA) is 26.0 Å². The number of aromatic nitrogens is 1. The molecule has 0 saturated carbocycles. The summed E-state index contributed by atoms with van der Waals surface area (Å²) in [7, 11) is 0. The van der Waals surface area contributed by atoms with Crippen LogP contribution in [0, 0.1) is 0 Å². The minimum atomic E-state index is -2.92. The van der Waals surface area contributed by atoms with E-state index in [9.17, 15) is 8.78 Å². The average molecular weight is 189 g/mol. The Balaban J connectivity index is 3.01. The van der Waals surface area contributed by atoms with Gasteiger partial charge in [-0.2, -0.15) is 8.78 Å². The van der Waals surface area contributed by atoms with Gasteiger partial charge in [0.1, 0.15) is 5.76 Å². The van der Waals surface area contributed by atoms with Crippen molar-refractivity contribution in [3.8, 4) is 0 Å². The van der Waals surface area contributed by atoms with Crippen molar-refractivity contribution in [3.05, 3.63) is 17.5 Å². The standard InChI is InChI=1S/C9H13F2NO/c1-8(2,3)7-5-6(12-13-7)9(4,10)11/h5H,1-4H3. The Morgan fingerprint density at radius 2 is 1.77 bits per heavy atom. The van der Waals surface area contributed by atoms with E-state index in [1.807, 2.05) is 20.8 Å². The number of nitrogens with zero attached hydrogens (tertiary/aromatic N) is 1. The van der Waals surface area contributed by atoms with Gasteiger partial charge in [0.2, 0.25) is 0 Å². The minimum Gasteiger partial charge on any atom is -0.360 e. The molecule has 0 saturated heterocycles. The van der Waals surface area contributed by atoms with E-state index in [0.717, 1.165) is 6.92 Å². The van der Waals surface area contributed by atoms with Gasteiger partial charge in [-0.15, -0.1) is 0 Å². The maximum absolute atomic E-state index is 12.7. The molecule has 0 atom stereocenters. The second-order valence-electron chi connectivity index (χ2n) is 4.21. The molecule has 1 heterocycles. The van der Waals surface area contributed by atoms with Crippen LogP contribution in [0.15, 0.2) is 10.6 Å². The Hall–Kier alpha value is -0.930. The predicted molar refractivity (Wildman–Crippen MR) is 44.8 cm³/mol. The van der Waals surface area contributed by atoms with Gasteiger partial charge in [0.25, 0.3) is 5.92 Å². The van der Waals surface area contributed by atoms with Crippen molar-refractivity contribution in [2.75, 3.05) is 0 Å². The molecule has 1 aromatic heterocycles. The molecule has 2 nitrogen and oxygen atoms in total. The second-order valence-corrected chi connectivity index (χ2v) is 4.21. The van der Waals surface area contributed by atoms with Crippen molar-refractivity contribution >= 4 is 0 Å². The highest BCUT2D eigenvalue weighted by Gasteiger charge is 2.31. The van der Waals surface area contributed by atoms with Gasteiger partial charge in [-0.05, 0) is 0 Å². The van der Waals surface area contributed by atoms with Gasteiger partial charge in [0.15, 0.2) is 5.69 Å². The van der Waals surface area contributed by atoms with Crippen LogP contribution in [-0.4, -0.2) is 5.16 Å². The summed E-state index contributed by atoms with van der Waals surface area (Å²) in [5.74, 6) is -2.45. The fourth-order valence-electron chi connectivity index (χ4n) is 0.836. The average Bonchev–Trinajstić information content (AvgIpc) is 2.28. The number of hydrogen-bond donors (Lipinski definition) is 0. The number of alkyl halides is 2. The molecule has 0 aliphatic rings. The monoisotopic (exact) mass is 189 g/mol.